The van der Waals surface area contributed by atoms with Crippen molar-refractivity contribution in [3.8, 4) is 0 Å². The molecule has 1 aliphatic carbocycles. The third-order valence-electron chi connectivity index (χ3n) is 2.94. The zero-order valence-corrected chi connectivity index (χ0v) is 12.5. The van der Waals surface area contributed by atoms with Crippen LogP contribution in [-0.2, 0) is 10.0 Å². The number of rotatable bonds is 5. The monoisotopic (exact) mass is 329 g/mol. The van der Waals surface area contributed by atoms with Crippen molar-refractivity contribution in [2.75, 3.05) is 4.72 Å². The van der Waals surface area contributed by atoms with Crippen LogP contribution in [0.25, 0.3) is 0 Å². The van der Waals surface area contributed by atoms with Gasteiger partial charge in [-0.25, -0.2) is 17.9 Å². The normalized spacial score (nSPS) is 15.1. The molecule has 1 fully saturated rings. The van der Waals surface area contributed by atoms with E-state index in [1.54, 1.807) is 0 Å². The molecule has 0 aliphatic heterocycles. The number of nitrogens with zero attached hydrogens (tertiary/aromatic N) is 2. The summed E-state index contributed by atoms with van der Waals surface area (Å²) in [5, 5.41) is 16.4. The van der Waals surface area contributed by atoms with E-state index in [4.69, 9.17) is 9.52 Å². The molecule has 1 aliphatic rings. The van der Waals surface area contributed by atoms with E-state index in [0.29, 0.717) is 22.8 Å². The van der Waals surface area contributed by atoms with Gasteiger partial charge in [0.05, 0.1) is 0 Å². The van der Waals surface area contributed by atoms with E-state index < -0.39 is 16.0 Å². The number of aromatic nitrogens is 2. The zero-order valence-electron chi connectivity index (χ0n) is 10.9. The average molecular weight is 329 g/mol. The number of thiophene rings is 1. The first-order chi connectivity index (χ1) is 9.87. The van der Waals surface area contributed by atoms with Crippen LogP contribution in [0, 0.1) is 6.92 Å². The van der Waals surface area contributed by atoms with Crippen LogP contribution in [0.4, 0.5) is 6.01 Å². The lowest BCUT2D eigenvalue weighted by molar-refractivity contribution is 0.0701. The fourth-order valence-corrected chi connectivity index (χ4v) is 4.04. The number of carboxylic acid groups (broad SMARTS) is 1. The molecule has 2 aromatic rings. The largest absolute Gasteiger partial charge is 0.477 e. The van der Waals surface area contributed by atoms with Crippen LogP contribution < -0.4 is 4.72 Å². The van der Waals surface area contributed by atoms with Gasteiger partial charge in [0.1, 0.15) is 9.09 Å². The maximum atomic E-state index is 12.2. The minimum Gasteiger partial charge on any atom is -0.477 e. The van der Waals surface area contributed by atoms with E-state index in [1.807, 2.05) is 0 Å². The molecule has 0 saturated heterocycles. The Morgan fingerprint density at radius 2 is 2.19 bits per heavy atom. The van der Waals surface area contributed by atoms with E-state index in [1.165, 1.54) is 13.0 Å². The van der Waals surface area contributed by atoms with Crippen molar-refractivity contribution in [1.29, 1.82) is 0 Å². The van der Waals surface area contributed by atoms with Gasteiger partial charge in [-0.1, -0.05) is 5.10 Å². The molecule has 1 saturated carbocycles. The third-order valence-corrected chi connectivity index (χ3v) is 5.96. The lowest BCUT2D eigenvalue weighted by atomic mass is 10.3. The Bertz CT molecular complexity index is 804. The van der Waals surface area contributed by atoms with E-state index >= 15 is 0 Å². The van der Waals surface area contributed by atoms with Gasteiger partial charge in [0, 0.05) is 5.92 Å². The van der Waals surface area contributed by atoms with Crippen molar-refractivity contribution in [1.82, 2.24) is 10.2 Å². The van der Waals surface area contributed by atoms with Crippen molar-refractivity contribution in [3.63, 3.8) is 0 Å². The van der Waals surface area contributed by atoms with Crippen LogP contribution in [0.3, 0.4) is 0 Å². The maximum absolute atomic E-state index is 12.2. The molecular weight excluding hydrogens is 318 g/mol. The Labute approximate surface area is 123 Å². The highest BCUT2D eigenvalue weighted by molar-refractivity contribution is 7.94. The van der Waals surface area contributed by atoms with E-state index in [0.717, 1.165) is 12.8 Å². The number of sulfonamides is 1. The Balaban J connectivity index is 1.85. The summed E-state index contributed by atoms with van der Waals surface area (Å²) in [6, 6.07) is 1.09. The number of carboxylic acids is 1. The van der Waals surface area contributed by atoms with Crippen molar-refractivity contribution >= 4 is 33.3 Å². The quantitative estimate of drug-likeness (QED) is 0.857. The molecule has 2 N–H and O–H groups in total. The van der Waals surface area contributed by atoms with Crippen LogP contribution in [0.2, 0.25) is 0 Å². The molecule has 0 radical (unpaired) electrons. The molecule has 3 rings (SSSR count). The highest BCUT2D eigenvalue weighted by Crippen LogP contribution is 2.39. The van der Waals surface area contributed by atoms with Crippen LogP contribution in [-0.4, -0.2) is 29.7 Å². The highest BCUT2D eigenvalue weighted by atomic mass is 32.2. The Hall–Kier alpha value is -1.94. The molecule has 2 heterocycles. The minimum atomic E-state index is -3.93. The highest BCUT2D eigenvalue weighted by Gasteiger charge is 2.30. The number of aryl methyl sites for hydroxylation is 1. The first-order valence-corrected chi connectivity index (χ1v) is 8.37. The van der Waals surface area contributed by atoms with Gasteiger partial charge in [-0.15, -0.1) is 16.4 Å². The zero-order chi connectivity index (χ0) is 15.2. The van der Waals surface area contributed by atoms with Crippen LogP contribution in [0.15, 0.2) is 14.7 Å². The molecular formula is C11H11N3O5S2. The number of aromatic carboxylic acids is 1. The summed E-state index contributed by atoms with van der Waals surface area (Å²) in [5.41, 5.74) is 0.386. The van der Waals surface area contributed by atoms with Gasteiger partial charge in [0.2, 0.25) is 5.89 Å². The SMILES string of the molecule is Cc1cc(S(=O)(=O)Nc2nnc(C3CC3)o2)sc1C(=O)O. The molecule has 0 spiro atoms. The molecule has 2 aromatic heterocycles. The Kier molecular flexibility index (Phi) is 3.21. The summed E-state index contributed by atoms with van der Waals surface area (Å²) in [7, 11) is -3.93. The first-order valence-electron chi connectivity index (χ1n) is 6.07. The fourth-order valence-electron chi connectivity index (χ4n) is 1.73. The van der Waals surface area contributed by atoms with Crippen LogP contribution in [0.1, 0.15) is 39.9 Å². The number of hydrogen-bond donors (Lipinski definition) is 2. The van der Waals surface area contributed by atoms with E-state index in [9.17, 15) is 13.2 Å². The summed E-state index contributed by atoms with van der Waals surface area (Å²) in [6.07, 6.45) is 1.92. The predicted octanol–water partition coefficient (Wildman–Crippen LogP) is 1.82. The molecule has 0 amide bonds. The lowest BCUT2D eigenvalue weighted by Gasteiger charge is -2.00. The molecule has 21 heavy (non-hydrogen) atoms. The van der Waals surface area contributed by atoms with Gasteiger partial charge in [-0.3, -0.25) is 0 Å². The molecule has 8 nitrogen and oxygen atoms in total. The number of nitrogens with one attached hydrogen (secondary N) is 1. The Morgan fingerprint density at radius 3 is 2.76 bits per heavy atom. The summed E-state index contributed by atoms with van der Waals surface area (Å²) in [6.45, 7) is 1.54. The summed E-state index contributed by atoms with van der Waals surface area (Å²) >= 11 is 0.679. The number of carbonyl (C=O) groups is 1. The number of hydrogen-bond acceptors (Lipinski definition) is 7. The summed E-state index contributed by atoms with van der Waals surface area (Å²) < 4.78 is 31.6. The maximum Gasteiger partial charge on any atom is 0.346 e. The van der Waals surface area contributed by atoms with E-state index in [-0.39, 0.29) is 21.0 Å². The second kappa shape index (κ2) is 4.81. The van der Waals surface area contributed by atoms with Crippen molar-refractivity contribution in [2.24, 2.45) is 0 Å². The molecule has 10 heteroatoms. The second-order valence-electron chi connectivity index (χ2n) is 4.71. The fraction of sp³-hybridized carbons (Fsp3) is 0.364. The molecule has 0 aromatic carbocycles. The molecule has 0 unspecified atom stereocenters. The van der Waals surface area contributed by atoms with Crippen molar-refractivity contribution < 1.29 is 22.7 Å². The minimum absolute atomic E-state index is 0.0143. The van der Waals surface area contributed by atoms with Gasteiger partial charge in [0.25, 0.3) is 10.0 Å². The number of anilines is 1. The molecule has 112 valence electrons. The second-order valence-corrected chi connectivity index (χ2v) is 7.67. The van der Waals surface area contributed by atoms with Crippen molar-refractivity contribution in [2.45, 2.75) is 29.9 Å². The summed E-state index contributed by atoms with van der Waals surface area (Å²) in [5.74, 6) is -0.521. The lowest BCUT2D eigenvalue weighted by Crippen LogP contribution is -2.11. The average Bonchev–Trinajstić information content (AvgIpc) is 3.01. The van der Waals surface area contributed by atoms with Crippen molar-refractivity contribution in [3.05, 3.63) is 22.4 Å². The van der Waals surface area contributed by atoms with Gasteiger partial charge in [-0.2, -0.15) is 0 Å². The Morgan fingerprint density at radius 1 is 1.48 bits per heavy atom. The van der Waals surface area contributed by atoms with Gasteiger partial charge < -0.3 is 9.52 Å². The van der Waals surface area contributed by atoms with E-state index in [2.05, 4.69) is 14.9 Å². The smallest absolute Gasteiger partial charge is 0.346 e. The molecule has 0 atom stereocenters. The van der Waals surface area contributed by atoms with Crippen LogP contribution >= 0.6 is 11.3 Å². The topological polar surface area (TPSA) is 122 Å². The van der Waals surface area contributed by atoms with Gasteiger partial charge >= 0.3 is 12.0 Å². The predicted molar refractivity (Wildman–Crippen MR) is 73.1 cm³/mol. The third kappa shape index (κ3) is 2.76. The van der Waals surface area contributed by atoms with Crippen LogP contribution in [0.5, 0.6) is 0 Å². The first kappa shape index (κ1) is 14.0. The van der Waals surface area contributed by atoms with Gasteiger partial charge in [0.15, 0.2) is 0 Å². The molecule has 0 bridgehead atoms. The van der Waals surface area contributed by atoms with Gasteiger partial charge in [-0.05, 0) is 31.4 Å². The summed E-state index contributed by atoms with van der Waals surface area (Å²) in [4.78, 5) is 10.9. The standard InChI is InChI=1S/C11H11N3O5S2/c1-5-4-7(20-8(5)10(15)16)21(17,18)14-11-13-12-9(19-11)6-2-3-6/h4,6H,2-3H2,1H3,(H,13,14)(H,15,16).